The van der Waals surface area contributed by atoms with E-state index in [1.807, 2.05) is 74.5 Å². The second-order valence-corrected chi connectivity index (χ2v) is 8.73. The average molecular weight is 490 g/mol. The summed E-state index contributed by atoms with van der Waals surface area (Å²) in [5.41, 5.74) is 2.18. The van der Waals surface area contributed by atoms with Crippen molar-refractivity contribution in [1.82, 2.24) is 14.9 Å². The fourth-order valence-electron chi connectivity index (χ4n) is 3.54. The number of hydrogen-bond donors (Lipinski definition) is 1. The number of benzene rings is 3. The zero-order valence-electron chi connectivity index (χ0n) is 19.7. The Hall–Kier alpha value is -3.78. The van der Waals surface area contributed by atoms with E-state index >= 15 is 0 Å². The van der Waals surface area contributed by atoms with Crippen molar-refractivity contribution in [2.24, 2.45) is 0 Å². The summed E-state index contributed by atoms with van der Waals surface area (Å²) in [4.78, 5) is 30.5. The first-order valence-corrected chi connectivity index (χ1v) is 12.4. The molecule has 1 heterocycles. The zero-order valence-corrected chi connectivity index (χ0v) is 20.5. The van der Waals surface area contributed by atoms with Crippen molar-refractivity contribution in [3.63, 3.8) is 0 Å². The molecule has 1 aromatic heterocycles. The normalized spacial score (nSPS) is 10.8. The molecule has 0 fully saturated rings. The molecule has 0 aliphatic heterocycles. The van der Waals surface area contributed by atoms with Gasteiger partial charge in [0.25, 0.3) is 5.56 Å². The topological polar surface area (TPSA) is 82.4 Å². The molecular formula is C27H27N3O4S. The molecule has 35 heavy (non-hydrogen) atoms. The van der Waals surface area contributed by atoms with Crippen LogP contribution in [-0.2, 0) is 4.79 Å². The molecule has 0 radical (unpaired) electrons. The van der Waals surface area contributed by atoms with Gasteiger partial charge in [-0.2, -0.15) is 0 Å². The van der Waals surface area contributed by atoms with E-state index in [1.54, 1.807) is 12.1 Å². The molecule has 7 nitrogen and oxygen atoms in total. The van der Waals surface area contributed by atoms with Gasteiger partial charge in [0.1, 0.15) is 18.1 Å². The Morgan fingerprint density at radius 3 is 2.57 bits per heavy atom. The standard InChI is InChI=1S/C27H27N3O4S/c1-3-33-21-13-11-20(12-14-21)30-26(32)23-9-4-5-10-24(23)29-27(30)35-18-25(31)28-15-16-34-22-8-6-7-19(2)17-22/h4-14,17H,3,15-16,18H2,1-2H3,(H,28,31). The summed E-state index contributed by atoms with van der Waals surface area (Å²) < 4.78 is 12.7. The predicted octanol–water partition coefficient (Wildman–Crippen LogP) is 4.38. The number of ether oxygens (including phenoxy) is 2. The second kappa shape index (κ2) is 11.6. The third kappa shape index (κ3) is 6.22. The van der Waals surface area contributed by atoms with Crippen LogP contribution in [0.1, 0.15) is 12.5 Å². The number of carbonyl (C=O) groups excluding carboxylic acids is 1. The Kier molecular flexibility index (Phi) is 8.05. The summed E-state index contributed by atoms with van der Waals surface area (Å²) in [6, 6.07) is 22.2. The highest BCUT2D eigenvalue weighted by atomic mass is 32.2. The van der Waals surface area contributed by atoms with Crippen LogP contribution in [0.25, 0.3) is 16.6 Å². The number of nitrogens with zero attached hydrogens (tertiary/aromatic N) is 2. The van der Waals surface area contributed by atoms with Crippen LogP contribution in [0.3, 0.4) is 0 Å². The van der Waals surface area contributed by atoms with Crippen LogP contribution in [0.15, 0.2) is 82.7 Å². The van der Waals surface area contributed by atoms with Crippen molar-refractivity contribution in [2.45, 2.75) is 19.0 Å². The SMILES string of the molecule is CCOc1ccc(-n2c(SCC(=O)NCCOc3cccc(C)c3)nc3ccccc3c2=O)cc1. The van der Waals surface area contributed by atoms with Gasteiger partial charge in [-0.1, -0.05) is 36.0 Å². The third-order valence-corrected chi connectivity index (χ3v) is 6.10. The number of carbonyl (C=O) groups is 1. The number of rotatable bonds is 10. The minimum atomic E-state index is -0.186. The van der Waals surface area contributed by atoms with Gasteiger partial charge in [0.15, 0.2) is 5.16 Å². The predicted molar refractivity (Wildman–Crippen MR) is 139 cm³/mol. The molecule has 0 spiro atoms. The number of thioether (sulfide) groups is 1. The summed E-state index contributed by atoms with van der Waals surface area (Å²) in [6.45, 7) is 5.22. The molecule has 0 bridgehead atoms. The Balaban J connectivity index is 1.46. The van der Waals surface area contributed by atoms with Crippen molar-refractivity contribution in [3.8, 4) is 17.2 Å². The first-order chi connectivity index (χ1) is 17.0. The lowest BCUT2D eigenvalue weighted by atomic mass is 10.2. The van der Waals surface area contributed by atoms with Crippen molar-refractivity contribution < 1.29 is 14.3 Å². The summed E-state index contributed by atoms with van der Waals surface area (Å²) in [6.07, 6.45) is 0. The molecule has 0 atom stereocenters. The molecule has 0 saturated heterocycles. The third-order valence-electron chi connectivity index (χ3n) is 5.17. The van der Waals surface area contributed by atoms with E-state index in [-0.39, 0.29) is 17.2 Å². The Bertz CT molecular complexity index is 1370. The number of nitrogens with one attached hydrogen (secondary N) is 1. The van der Waals surface area contributed by atoms with E-state index in [0.29, 0.717) is 41.5 Å². The number of fused-ring (bicyclic) bond motifs is 1. The minimum Gasteiger partial charge on any atom is -0.494 e. The molecule has 0 aliphatic carbocycles. The van der Waals surface area contributed by atoms with Crippen LogP contribution < -0.4 is 20.3 Å². The highest BCUT2D eigenvalue weighted by molar-refractivity contribution is 7.99. The van der Waals surface area contributed by atoms with Gasteiger partial charge in [-0.05, 0) is 67.9 Å². The van der Waals surface area contributed by atoms with Gasteiger partial charge in [-0.25, -0.2) is 4.98 Å². The highest BCUT2D eigenvalue weighted by Crippen LogP contribution is 2.23. The number of aromatic nitrogens is 2. The quantitative estimate of drug-likeness (QED) is 0.202. The molecular weight excluding hydrogens is 462 g/mol. The van der Waals surface area contributed by atoms with Crippen molar-refractivity contribution in [1.29, 1.82) is 0 Å². The molecule has 1 amide bonds. The Morgan fingerprint density at radius 1 is 1.00 bits per heavy atom. The number of para-hydroxylation sites is 1. The average Bonchev–Trinajstić information content (AvgIpc) is 2.86. The van der Waals surface area contributed by atoms with Gasteiger partial charge in [-0.15, -0.1) is 0 Å². The van der Waals surface area contributed by atoms with Crippen LogP contribution >= 0.6 is 11.8 Å². The van der Waals surface area contributed by atoms with E-state index in [2.05, 4.69) is 10.3 Å². The van der Waals surface area contributed by atoms with E-state index in [9.17, 15) is 9.59 Å². The lowest BCUT2D eigenvalue weighted by Crippen LogP contribution is -2.30. The van der Waals surface area contributed by atoms with Crippen LogP contribution in [-0.4, -0.2) is 41.0 Å². The fraction of sp³-hybridized carbons (Fsp3) is 0.222. The fourth-order valence-corrected chi connectivity index (χ4v) is 4.38. The Labute approximate surface area is 208 Å². The van der Waals surface area contributed by atoms with Gasteiger partial charge in [0.05, 0.1) is 35.5 Å². The number of hydrogen-bond acceptors (Lipinski definition) is 6. The Morgan fingerprint density at radius 2 is 1.80 bits per heavy atom. The maximum absolute atomic E-state index is 13.3. The van der Waals surface area contributed by atoms with Crippen LogP contribution in [0, 0.1) is 6.92 Å². The number of aryl methyl sites for hydroxylation is 1. The molecule has 0 aliphatic rings. The van der Waals surface area contributed by atoms with E-state index < -0.39 is 0 Å². The molecule has 180 valence electrons. The summed E-state index contributed by atoms with van der Waals surface area (Å²) in [5.74, 6) is 1.45. The van der Waals surface area contributed by atoms with E-state index in [4.69, 9.17) is 9.47 Å². The molecule has 0 saturated carbocycles. The van der Waals surface area contributed by atoms with E-state index in [1.165, 1.54) is 16.3 Å². The van der Waals surface area contributed by atoms with Gasteiger partial charge >= 0.3 is 0 Å². The smallest absolute Gasteiger partial charge is 0.266 e. The maximum Gasteiger partial charge on any atom is 0.266 e. The first kappa shape index (κ1) is 24.3. The van der Waals surface area contributed by atoms with Gasteiger partial charge in [0.2, 0.25) is 5.91 Å². The first-order valence-electron chi connectivity index (χ1n) is 11.4. The summed E-state index contributed by atoms with van der Waals surface area (Å²) in [7, 11) is 0. The largest absolute Gasteiger partial charge is 0.494 e. The molecule has 4 rings (SSSR count). The number of amides is 1. The maximum atomic E-state index is 13.3. The van der Waals surface area contributed by atoms with Gasteiger partial charge in [-0.3, -0.25) is 14.2 Å². The second-order valence-electron chi connectivity index (χ2n) is 7.78. The molecule has 4 aromatic rings. The van der Waals surface area contributed by atoms with Gasteiger partial charge < -0.3 is 14.8 Å². The van der Waals surface area contributed by atoms with Crippen molar-refractivity contribution in [3.05, 3.63) is 88.7 Å². The van der Waals surface area contributed by atoms with Gasteiger partial charge in [0, 0.05) is 0 Å². The lowest BCUT2D eigenvalue weighted by molar-refractivity contribution is -0.118. The van der Waals surface area contributed by atoms with Crippen LogP contribution in [0.4, 0.5) is 0 Å². The summed E-state index contributed by atoms with van der Waals surface area (Å²) in [5, 5.41) is 3.82. The molecule has 1 N–H and O–H groups in total. The van der Waals surface area contributed by atoms with Crippen molar-refractivity contribution >= 4 is 28.6 Å². The van der Waals surface area contributed by atoms with E-state index in [0.717, 1.165) is 17.1 Å². The minimum absolute atomic E-state index is 0.117. The van der Waals surface area contributed by atoms with Crippen molar-refractivity contribution in [2.75, 3.05) is 25.5 Å². The lowest BCUT2D eigenvalue weighted by Gasteiger charge is -2.14. The van der Waals surface area contributed by atoms with Crippen LogP contribution in [0.2, 0.25) is 0 Å². The zero-order chi connectivity index (χ0) is 24.6. The highest BCUT2D eigenvalue weighted by Gasteiger charge is 2.15. The van der Waals surface area contributed by atoms with Crippen LogP contribution in [0.5, 0.6) is 11.5 Å². The molecule has 8 heteroatoms. The molecule has 0 unspecified atom stereocenters. The monoisotopic (exact) mass is 489 g/mol. The molecule has 3 aromatic carbocycles. The summed E-state index contributed by atoms with van der Waals surface area (Å²) >= 11 is 1.22.